The topological polar surface area (TPSA) is 27.3 Å². The smallest absolute Gasteiger partial charge is 0.166 e. The summed E-state index contributed by atoms with van der Waals surface area (Å²) in [4.78, 5) is 2.78. The molecule has 0 saturated carbocycles. The van der Waals surface area contributed by atoms with E-state index in [1.165, 1.54) is 44.2 Å². The lowest BCUT2D eigenvalue weighted by atomic mass is 9.81. The third-order valence-electron chi connectivity index (χ3n) is 5.33. The number of nitrogens with zero attached hydrogens (tertiary/aromatic N) is 1. The average Bonchev–Trinajstić information content (AvgIpc) is 2.54. The minimum absolute atomic E-state index is 0.527. The van der Waals surface area contributed by atoms with Crippen molar-refractivity contribution in [3.8, 4) is 0 Å². The Morgan fingerprint density at radius 2 is 1.83 bits per heavy atom. The lowest BCUT2D eigenvalue weighted by molar-refractivity contribution is 0.0190. The molecule has 0 radical (unpaired) electrons. The van der Waals surface area contributed by atoms with Crippen LogP contribution in [0.1, 0.15) is 51.5 Å². The van der Waals surface area contributed by atoms with Crippen LogP contribution in [0.2, 0.25) is 0 Å². The van der Waals surface area contributed by atoms with Crippen molar-refractivity contribution in [2.75, 3.05) is 6.54 Å². The lowest BCUT2D eigenvalue weighted by Gasteiger charge is -2.49. The Labute approximate surface area is 152 Å². The van der Waals surface area contributed by atoms with Crippen LogP contribution in [-0.2, 0) is 6.54 Å². The first-order valence-electron chi connectivity index (χ1n) is 9.46. The van der Waals surface area contributed by atoms with Crippen molar-refractivity contribution >= 4 is 17.3 Å². The van der Waals surface area contributed by atoms with E-state index < -0.39 is 0 Å². The summed E-state index contributed by atoms with van der Waals surface area (Å²) in [5.74, 6) is 0.756. The van der Waals surface area contributed by atoms with Crippen LogP contribution in [0.4, 0.5) is 0 Å². The highest BCUT2D eigenvalue weighted by atomic mass is 32.1. The standard InChI is InChI=1S/C20H31N3S/c1-15(2)14-23-18-9-6-10-19(23)12-17(11-18)22-20(24)21-13-16-7-4-3-5-8-16/h3-5,7-8,15,17-19H,6,9-14H2,1-2H3,(H2,21,22,24)/t18-,19-/m0/s1. The van der Waals surface area contributed by atoms with Gasteiger partial charge in [-0.15, -0.1) is 0 Å². The molecule has 4 heteroatoms. The normalized spacial score (nSPS) is 27.0. The Morgan fingerprint density at radius 3 is 2.46 bits per heavy atom. The molecule has 0 amide bonds. The summed E-state index contributed by atoms with van der Waals surface area (Å²) in [6.45, 7) is 6.72. The third-order valence-corrected chi connectivity index (χ3v) is 5.60. The summed E-state index contributed by atoms with van der Waals surface area (Å²) >= 11 is 5.53. The van der Waals surface area contributed by atoms with Gasteiger partial charge in [0.2, 0.25) is 0 Å². The molecule has 132 valence electrons. The molecule has 2 aliphatic rings. The molecule has 2 bridgehead atoms. The maximum atomic E-state index is 5.53. The van der Waals surface area contributed by atoms with Crippen LogP contribution < -0.4 is 10.6 Å². The van der Waals surface area contributed by atoms with Crippen LogP contribution in [0.3, 0.4) is 0 Å². The average molecular weight is 346 g/mol. The van der Waals surface area contributed by atoms with Crippen molar-refractivity contribution in [2.45, 2.75) is 70.6 Å². The predicted octanol–water partition coefficient (Wildman–Crippen LogP) is 3.69. The van der Waals surface area contributed by atoms with Crippen molar-refractivity contribution in [1.82, 2.24) is 15.5 Å². The van der Waals surface area contributed by atoms with Gasteiger partial charge in [0.15, 0.2) is 5.11 Å². The number of piperidine rings is 2. The quantitative estimate of drug-likeness (QED) is 0.796. The van der Waals surface area contributed by atoms with E-state index in [0.717, 1.165) is 29.7 Å². The second-order valence-electron chi connectivity index (χ2n) is 7.81. The van der Waals surface area contributed by atoms with Gasteiger partial charge in [-0.2, -0.15) is 0 Å². The third kappa shape index (κ3) is 4.70. The summed E-state index contributed by atoms with van der Waals surface area (Å²) in [5.41, 5.74) is 1.27. The summed E-state index contributed by atoms with van der Waals surface area (Å²) in [7, 11) is 0. The van der Waals surface area contributed by atoms with Gasteiger partial charge >= 0.3 is 0 Å². The van der Waals surface area contributed by atoms with Crippen LogP contribution in [0.25, 0.3) is 0 Å². The Hall–Kier alpha value is -1.13. The van der Waals surface area contributed by atoms with Crippen LogP contribution in [-0.4, -0.2) is 34.7 Å². The SMILES string of the molecule is CC(C)CN1[C@H]2CCC[C@H]1CC(NC(=S)NCc1ccccc1)C2. The summed E-state index contributed by atoms with van der Waals surface area (Å²) in [5, 5.41) is 7.75. The number of rotatable bonds is 5. The van der Waals surface area contributed by atoms with E-state index in [-0.39, 0.29) is 0 Å². The summed E-state index contributed by atoms with van der Waals surface area (Å²) in [6, 6.07) is 12.5. The molecular weight excluding hydrogens is 314 g/mol. The van der Waals surface area contributed by atoms with Gasteiger partial charge in [-0.3, -0.25) is 4.90 Å². The molecule has 3 nitrogen and oxygen atoms in total. The fraction of sp³-hybridized carbons (Fsp3) is 0.650. The minimum Gasteiger partial charge on any atom is -0.360 e. The van der Waals surface area contributed by atoms with E-state index >= 15 is 0 Å². The molecule has 1 aromatic carbocycles. The molecule has 3 rings (SSSR count). The van der Waals surface area contributed by atoms with Gasteiger partial charge in [0.1, 0.15) is 0 Å². The molecule has 2 saturated heterocycles. The highest BCUT2D eigenvalue weighted by molar-refractivity contribution is 7.80. The molecule has 24 heavy (non-hydrogen) atoms. The monoisotopic (exact) mass is 345 g/mol. The van der Waals surface area contributed by atoms with E-state index in [0.29, 0.717) is 6.04 Å². The Balaban J connectivity index is 1.49. The van der Waals surface area contributed by atoms with E-state index in [2.05, 4.69) is 53.6 Å². The number of hydrogen-bond donors (Lipinski definition) is 2. The van der Waals surface area contributed by atoms with Crippen molar-refractivity contribution in [1.29, 1.82) is 0 Å². The number of nitrogens with one attached hydrogen (secondary N) is 2. The van der Waals surface area contributed by atoms with Gasteiger partial charge in [0, 0.05) is 31.2 Å². The maximum absolute atomic E-state index is 5.53. The Kier molecular flexibility index (Phi) is 6.12. The molecule has 2 N–H and O–H groups in total. The second-order valence-corrected chi connectivity index (χ2v) is 8.22. The van der Waals surface area contributed by atoms with E-state index in [4.69, 9.17) is 12.2 Å². The second kappa shape index (κ2) is 8.30. The highest BCUT2D eigenvalue weighted by Crippen LogP contribution is 2.34. The summed E-state index contributed by atoms with van der Waals surface area (Å²) in [6.07, 6.45) is 6.57. The fourth-order valence-corrected chi connectivity index (χ4v) is 4.57. The first kappa shape index (κ1) is 17.7. The maximum Gasteiger partial charge on any atom is 0.166 e. The largest absolute Gasteiger partial charge is 0.360 e. The van der Waals surface area contributed by atoms with Crippen LogP contribution >= 0.6 is 12.2 Å². The molecular formula is C20H31N3S. The Morgan fingerprint density at radius 1 is 1.17 bits per heavy atom. The Bertz CT molecular complexity index is 517. The molecule has 1 aromatic rings. The lowest BCUT2D eigenvalue weighted by Crippen LogP contribution is -2.58. The highest BCUT2D eigenvalue weighted by Gasteiger charge is 2.38. The van der Waals surface area contributed by atoms with Crippen LogP contribution in [0.15, 0.2) is 30.3 Å². The number of thiocarbonyl (C=S) groups is 1. The van der Waals surface area contributed by atoms with E-state index in [9.17, 15) is 0 Å². The van der Waals surface area contributed by atoms with Gasteiger partial charge in [0.05, 0.1) is 0 Å². The van der Waals surface area contributed by atoms with E-state index in [1.807, 2.05) is 6.07 Å². The van der Waals surface area contributed by atoms with Crippen molar-refractivity contribution in [2.24, 2.45) is 5.92 Å². The van der Waals surface area contributed by atoms with Gasteiger partial charge in [0.25, 0.3) is 0 Å². The van der Waals surface area contributed by atoms with Crippen molar-refractivity contribution < 1.29 is 0 Å². The van der Waals surface area contributed by atoms with Crippen molar-refractivity contribution in [3.63, 3.8) is 0 Å². The molecule has 0 aromatic heterocycles. The zero-order chi connectivity index (χ0) is 16.9. The predicted molar refractivity (Wildman–Crippen MR) is 105 cm³/mol. The van der Waals surface area contributed by atoms with Crippen LogP contribution in [0, 0.1) is 5.92 Å². The molecule has 2 atom stereocenters. The van der Waals surface area contributed by atoms with Gasteiger partial charge < -0.3 is 10.6 Å². The zero-order valence-electron chi connectivity index (χ0n) is 15.0. The first-order chi connectivity index (χ1) is 11.6. The zero-order valence-corrected chi connectivity index (χ0v) is 15.8. The first-order valence-corrected chi connectivity index (χ1v) is 9.86. The number of hydrogen-bond acceptors (Lipinski definition) is 2. The molecule has 2 fully saturated rings. The molecule has 0 aliphatic carbocycles. The fourth-order valence-electron chi connectivity index (χ4n) is 4.33. The molecule has 0 spiro atoms. The molecule has 2 heterocycles. The van der Waals surface area contributed by atoms with Crippen molar-refractivity contribution in [3.05, 3.63) is 35.9 Å². The number of fused-ring (bicyclic) bond motifs is 2. The molecule has 0 unspecified atom stereocenters. The number of benzene rings is 1. The summed E-state index contributed by atoms with van der Waals surface area (Å²) < 4.78 is 0. The van der Waals surface area contributed by atoms with Gasteiger partial charge in [-0.05, 0) is 49.4 Å². The van der Waals surface area contributed by atoms with E-state index in [1.54, 1.807) is 0 Å². The van der Waals surface area contributed by atoms with Gasteiger partial charge in [-0.1, -0.05) is 50.6 Å². The van der Waals surface area contributed by atoms with Crippen LogP contribution in [0.5, 0.6) is 0 Å². The molecule has 2 aliphatic heterocycles. The van der Waals surface area contributed by atoms with Gasteiger partial charge in [-0.25, -0.2) is 0 Å². The minimum atomic E-state index is 0.527.